The number of phenols is 1. The molecule has 1 N–H and O–H groups in total. The van der Waals surface area contributed by atoms with Crippen molar-refractivity contribution < 1.29 is 14.8 Å². The first-order valence-corrected chi connectivity index (χ1v) is 10.1. The summed E-state index contributed by atoms with van der Waals surface area (Å²) in [4.78, 5) is 16.2. The normalized spacial score (nSPS) is 16.4. The molecule has 0 aliphatic heterocycles. The lowest BCUT2D eigenvalue weighted by atomic mass is 9.72. The highest BCUT2D eigenvalue weighted by Gasteiger charge is 2.32. The van der Waals surface area contributed by atoms with E-state index in [9.17, 15) is 20.5 Å². The molecule has 0 saturated carbocycles. The molecule has 0 spiro atoms. The van der Waals surface area contributed by atoms with Gasteiger partial charge in [-0.25, -0.2) is 4.99 Å². The zero-order valence-corrected chi connectivity index (χ0v) is 17.7. The Labute approximate surface area is 173 Å². The molecule has 8 heteroatoms. The van der Waals surface area contributed by atoms with Crippen LogP contribution in [0.25, 0.3) is 0 Å². The highest BCUT2D eigenvalue weighted by molar-refractivity contribution is 7.16. The van der Waals surface area contributed by atoms with Crippen LogP contribution in [0.15, 0.2) is 17.1 Å². The van der Waals surface area contributed by atoms with Crippen molar-refractivity contribution in [2.45, 2.75) is 40.0 Å². The van der Waals surface area contributed by atoms with E-state index in [4.69, 9.17) is 4.74 Å². The predicted octanol–water partition coefficient (Wildman–Crippen LogP) is 5.14. The number of nitro benzene ring substituents is 1. The lowest BCUT2D eigenvalue weighted by Gasteiger charge is -2.33. The second kappa shape index (κ2) is 7.84. The van der Waals surface area contributed by atoms with E-state index < -0.39 is 4.92 Å². The first-order valence-electron chi connectivity index (χ1n) is 9.29. The van der Waals surface area contributed by atoms with Gasteiger partial charge in [-0.05, 0) is 36.2 Å². The number of aromatic hydroxyl groups is 1. The highest BCUT2D eigenvalue weighted by Crippen LogP contribution is 2.45. The Balaban J connectivity index is 1.99. The van der Waals surface area contributed by atoms with Crippen LogP contribution in [0, 0.1) is 32.8 Å². The Morgan fingerprint density at radius 3 is 2.76 bits per heavy atom. The predicted molar refractivity (Wildman–Crippen MR) is 113 cm³/mol. The Morgan fingerprint density at radius 1 is 1.45 bits per heavy atom. The van der Waals surface area contributed by atoms with E-state index in [-0.39, 0.29) is 28.2 Å². The SMILES string of the molecule is COc1cc([N+](=O)[O-])cc(C=Nc2sc3c(c2C#N)CC[C@@H](C(C)(C)C)C3)c1O. The summed E-state index contributed by atoms with van der Waals surface area (Å²) in [5.74, 6) is 0.316. The maximum atomic E-state index is 11.1. The van der Waals surface area contributed by atoms with E-state index in [0.717, 1.165) is 30.9 Å². The minimum Gasteiger partial charge on any atom is -0.504 e. The summed E-state index contributed by atoms with van der Waals surface area (Å²) in [6.45, 7) is 6.71. The van der Waals surface area contributed by atoms with Crippen LogP contribution in [0.5, 0.6) is 11.5 Å². The van der Waals surface area contributed by atoms with E-state index in [2.05, 4.69) is 31.8 Å². The van der Waals surface area contributed by atoms with Gasteiger partial charge in [0.2, 0.25) is 0 Å². The first-order chi connectivity index (χ1) is 13.7. The molecule has 1 aliphatic carbocycles. The topological polar surface area (TPSA) is 109 Å². The highest BCUT2D eigenvalue weighted by atomic mass is 32.1. The molecule has 7 nitrogen and oxygen atoms in total. The average Bonchev–Trinajstić information content (AvgIpc) is 3.02. The van der Waals surface area contributed by atoms with Crippen molar-refractivity contribution in [2.24, 2.45) is 16.3 Å². The number of hydrogen-bond acceptors (Lipinski definition) is 7. The number of thiophene rings is 1. The summed E-state index contributed by atoms with van der Waals surface area (Å²) in [5.41, 5.74) is 1.78. The minimum absolute atomic E-state index is 0.000324. The maximum Gasteiger partial charge on any atom is 0.274 e. The smallest absolute Gasteiger partial charge is 0.274 e. The molecule has 1 heterocycles. The van der Waals surface area contributed by atoms with Gasteiger partial charge in [0.1, 0.15) is 11.1 Å². The van der Waals surface area contributed by atoms with Gasteiger partial charge in [-0.2, -0.15) is 5.26 Å². The molecule has 1 aromatic heterocycles. The van der Waals surface area contributed by atoms with Gasteiger partial charge in [-0.1, -0.05) is 20.8 Å². The van der Waals surface area contributed by atoms with E-state index in [0.29, 0.717) is 16.5 Å². The van der Waals surface area contributed by atoms with E-state index in [1.54, 1.807) is 0 Å². The van der Waals surface area contributed by atoms with Crippen molar-refractivity contribution in [3.05, 3.63) is 43.8 Å². The number of methoxy groups -OCH3 is 1. The zero-order chi connectivity index (χ0) is 21.3. The molecule has 0 saturated heterocycles. The van der Waals surface area contributed by atoms with Crippen LogP contribution in [0.3, 0.4) is 0 Å². The Bertz CT molecular complexity index is 1030. The third-order valence-corrected chi connectivity index (χ3v) is 6.59. The molecular weight excluding hydrogens is 390 g/mol. The Morgan fingerprint density at radius 2 is 2.17 bits per heavy atom. The Hall–Kier alpha value is -2.92. The summed E-state index contributed by atoms with van der Waals surface area (Å²) in [5, 5.41) is 31.7. The van der Waals surface area contributed by atoms with Gasteiger partial charge >= 0.3 is 0 Å². The van der Waals surface area contributed by atoms with Gasteiger partial charge in [0.25, 0.3) is 5.69 Å². The fraction of sp³-hybridized carbons (Fsp3) is 0.429. The van der Waals surface area contributed by atoms with Crippen LogP contribution >= 0.6 is 11.3 Å². The zero-order valence-electron chi connectivity index (χ0n) is 16.9. The Kier molecular flexibility index (Phi) is 5.62. The number of benzene rings is 1. The number of non-ortho nitro benzene ring substituents is 1. The third kappa shape index (κ3) is 4.10. The summed E-state index contributed by atoms with van der Waals surface area (Å²) >= 11 is 1.48. The lowest BCUT2D eigenvalue weighted by molar-refractivity contribution is -0.385. The molecule has 0 bridgehead atoms. The summed E-state index contributed by atoms with van der Waals surface area (Å²) in [6.07, 6.45) is 4.16. The fourth-order valence-electron chi connectivity index (χ4n) is 3.62. The molecule has 29 heavy (non-hydrogen) atoms. The summed E-state index contributed by atoms with van der Waals surface area (Å²) < 4.78 is 5.02. The van der Waals surface area contributed by atoms with Crippen LogP contribution in [0.4, 0.5) is 10.7 Å². The van der Waals surface area contributed by atoms with Crippen molar-refractivity contribution in [3.8, 4) is 17.6 Å². The second-order valence-corrected chi connectivity index (χ2v) is 9.29. The molecule has 1 aromatic carbocycles. The number of nitro groups is 1. The van der Waals surface area contributed by atoms with Crippen LogP contribution < -0.4 is 4.74 Å². The van der Waals surface area contributed by atoms with E-state index >= 15 is 0 Å². The first kappa shape index (κ1) is 20.8. The van der Waals surface area contributed by atoms with Gasteiger partial charge < -0.3 is 9.84 Å². The van der Waals surface area contributed by atoms with Crippen molar-refractivity contribution in [1.82, 2.24) is 0 Å². The fourth-order valence-corrected chi connectivity index (χ4v) is 4.84. The monoisotopic (exact) mass is 413 g/mol. The third-order valence-electron chi connectivity index (χ3n) is 5.42. The largest absolute Gasteiger partial charge is 0.504 e. The van der Waals surface area contributed by atoms with Gasteiger partial charge in [-0.15, -0.1) is 11.3 Å². The van der Waals surface area contributed by atoms with Crippen LogP contribution in [-0.2, 0) is 12.8 Å². The van der Waals surface area contributed by atoms with Gasteiger partial charge in [-0.3, -0.25) is 10.1 Å². The molecule has 3 rings (SSSR count). The molecule has 2 aromatic rings. The van der Waals surface area contributed by atoms with Crippen molar-refractivity contribution in [3.63, 3.8) is 0 Å². The maximum absolute atomic E-state index is 11.1. The van der Waals surface area contributed by atoms with Crippen molar-refractivity contribution in [1.29, 1.82) is 5.26 Å². The lowest BCUT2D eigenvalue weighted by Crippen LogP contribution is -2.26. The standard InChI is InChI=1S/C21H23N3O4S/c1-21(2,3)13-5-6-15-16(10-22)20(29-18(15)8-13)23-11-12-7-14(24(26)27)9-17(28-4)19(12)25/h7,9,11,13,25H,5-6,8H2,1-4H3/t13-/m1/s1. The molecule has 0 amide bonds. The van der Waals surface area contributed by atoms with Crippen LogP contribution in [0.1, 0.15) is 48.8 Å². The van der Waals surface area contributed by atoms with E-state index in [1.807, 2.05) is 0 Å². The number of ether oxygens (including phenoxy) is 1. The average molecular weight is 413 g/mol. The minimum atomic E-state index is -0.559. The van der Waals surface area contributed by atoms with Crippen molar-refractivity contribution >= 4 is 28.2 Å². The molecule has 1 atom stereocenters. The van der Waals surface area contributed by atoms with E-state index in [1.165, 1.54) is 35.6 Å². The number of hydrogen-bond donors (Lipinski definition) is 1. The summed E-state index contributed by atoms with van der Waals surface area (Å²) in [7, 11) is 1.33. The van der Waals surface area contributed by atoms with Gasteiger partial charge in [0, 0.05) is 22.7 Å². The number of aliphatic imine (C=N–C) groups is 1. The number of fused-ring (bicyclic) bond motifs is 1. The molecule has 0 radical (unpaired) electrons. The molecule has 0 unspecified atom stereocenters. The number of nitriles is 1. The number of rotatable bonds is 4. The van der Waals surface area contributed by atoms with Crippen LogP contribution in [0.2, 0.25) is 0 Å². The molecule has 1 aliphatic rings. The quantitative estimate of drug-likeness (QED) is 0.424. The number of nitrogens with zero attached hydrogens (tertiary/aromatic N) is 3. The number of phenolic OH excluding ortho intramolecular Hbond substituents is 1. The van der Waals surface area contributed by atoms with Crippen molar-refractivity contribution in [2.75, 3.05) is 7.11 Å². The second-order valence-electron chi connectivity index (χ2n) is 8.20. The molecular formula is C21H23N3O4S. The van der Waals surface area contributed by atoms with Gasteiger partial charge in [0.15, 0.2) is 11.5 Å². The molecule has 152 valence electrons. The summed E-state index contributed by atoms with van der Waals surface area (Å²) in [6, 6.07) is 4.65. The van der Waals surface area contributed by atoms with Crippen LogP contribution in [-0.4, -0.2) is 23.4 Å². The van der Waals surface area contributed by atoms with Gasteiger partial charge in [0.05, 0.1) is 23.7 Å². The molecule has 0 fully saturated rings.